The summed E-state index contributed by atoms with van der Waals surface area (Å²) in [4.78, 5) is 0. The van der Waals surface area contributed by atoms with Crippen molar-refractivity contribution in [3.05, 3.63) is 23.8 Å². The van der Waals surface area contributed by atoms with Gasteiger partial charge in [0.15, 0.2) is 0 Å². The van der Waals surface area contributed by atoms with Gasteiger partial charge in [0.25, 0.3) is 0 Å². The van der Waals surface area contributed by atoms with E-state index in [9.17, 15) is 0 Å². The van der Waals surface area contributed by atoms with Crippen LogP contribution in [0.1, 0.15) is 33.1 Å². The maximum Gasteiger partial charge on any atom is 0.0615 e. The second kappa shape index (κ2) is 3.90. The van der Waals surface area contributed by atoms with Gasteiger partial charge in [-0.15, -0.1) is 0 Å². The number of aliphatic hydroxyl groups excluding tert-OH is 1. The number of hydrogen-bond donors (Lipinski definition) is 1. The van der Waals surface area contributed by atoms with Crippen molar-refractivity contribution in [2.75, 3.05) is 6.61 Å². The average molecular weight is 166 g/mol. The molecule has 0 fully saturated rings. The van der Waals surface area contributed by atoms with Gasteiger partial charge < -0.3 is 5.11 Å². The third-order valence-corrected chi connectivity index (χ3v) is 2.44. The van der Waals surface area contributed by atoms with Crippen molar-refractivity contribution in [1.29, 1.82) is 0 Å². The minimum Gasteiger partial charge on any atom is -0.392 e. The van der Waals surface area contributed by atoms with Crippen LogP contribution in [0.5, 0.6) is 0 Å². The molecule has 1 heteroatoms. The molecule has 1 aliphatic carbocycles. The van der Waals surface area contributed by atoms with Crippen LogP contribution in [0.2, 0.25) is 0 Å². The smallest absolute Gasteiger partial charge is 0.0615 e. The Balaban J connectivity index is 2.50. The van der Waals surface area contributed by atoms with Crippen LogP contribution in [0.15, 0.2) is 23.8 Å². The standard InChI is InChI=1S/C11H18O/c1-11(2)7-5-10(6-8-11)4-3-9-12/h3-5,12H,6-9H2,1-2H3/b4-3+. The number of hydrogen-bond acceptors (Lipinski definition) is 1. The van der Waals surface area contributed by atoms with Gasteiger partial charge in [-0.2, -0.15) is 0 Å². The third kappa shape index (κ3) is 2.82. The van der Waals surface area contributed by atoms with Crippen LogP contribution in [0.25, 0.3) is 0 Å². The first-order chi connectivity index (χ1) is 5.64. The molecular weight excluding hydrogens is 148 g/mol. The first kappa shape index (κ1) is 9.53. The van der Waals surface area contributed by atoms with Gasteiger partial charge in [-0.3, -0.25) is 0 Å². The van der Waals surface area contributed by atoms with E-state index in [2.05, 4.69) is 19.9 Å². The Bertz CT molecular complexity index is 199. The first-order valence-electron chi connectivity index (χ1n) is 4.60. The molecule has 0 amide bonds. The van der Waals surface area contributed by atoms with E-state index in [4.69, 9.17) is 5.11 Å². The zero-order chi connectivity index (χ0) is 9.03. The number of aliphatic hydroxyl groups is 1. The summed E-state index contributed by atoms with van der Waals surface area (Å²) in [5.74, 6) is 0. The predicted octanol–water partition coefficient (Wildman–Crippen LogP) is 2.67. The zero-order valence-electron chi connectivity index (χ0n) is 8.01. The molecule has 0 radical (unpaired) electrons. The predicted molar refractivity (Wildman–Crippen MR) is 51.9 cm³/mol. The lowest BCUT2D eigenvalue weighted by atomic mass is 9.78. The SMILES string of the molecule is CC1(C)CC=C(/C=C/CO)CC1. The molecule has 1 rings (SSSR count). The fourth-order valence-corrected chi connectivity index (χ4v) is 1.45. The first-order valence-corrected chi connectivity index (χ1v) is 4.60. The van der Waals surface area contributed by atoms with Crippen LogP contribution >= 0.6 is 0 Å². The van der Waals surface area contributed by atoms with E-state index in [0.29, 0.717) is 5.41 Å². The summed E-state index contributed by atoms with van der Waals surface area (Å²) >= 11 is 0. The Morgan fingerprint density at radius 1 is 1.58 bits per heavy atom. The molecule has 0 aliphatic heterocycles. The van der Waals surface area contributed by atoms with Crippen LogP contribution in [-0.2, 0) is 0 Å². The van der Waals surface area contributed by atoms with Crippen molar-refractivity contribution in [1.82, 2.24) is 0 Å². The quantitative estimate of drug-likeness (QED) is 0.668. The van der Waals surface area contributed by atoms with Crippen LogP contribution in [0.3, 0.4) is 0 Å². The summed E-state index contributed by atoms with van der Waals surface area (Å²) in [6.07, 6.45) is 9.71. The van der Waals surface area contributed by atoms with Crippen LogP contribution < -0.4 is 0 Å². The fraction of sp³-hybridized carbons (Fsp3) is 0.636. The Morgan fingerprint density at radius 2 is 2.33 bits per heavy atom. The van der Waals surface area contributed by atoms with Crippen molar-refractivity contribution in [2.24, 2.45) is 5.41 Å². The monoisotopic (exact) mass is 166 g/mol. The molecule has 1 aliphatic rings. The van der Waals surface area contributed by atoms with E-state index in [-0.39, 0.29) is 6.61 Å². The lowest BCUT2D eigenvalue weighted by molar-refractivity contribution is 0.326. The number of allylic oxidation sites excluding steroid dienone is 3. The van der Waals surface area contributed by atoms with Gasteiger partial charge in [0.1, 0.15) is 0 Å². The van der Waals surface area contributed by atoms with E-state index < -0.39 is 0 Å². The largest absolute Gasteiger partial charge is 0.392 e. The van der Waals surface area contributed by atoms with Gasteiger partial charge in [0, 0.05) is 0 Å². The molecule has 1 N–H and O–H groups in total. The second-order valence-electron chi connectivity index (χ2n) is 4.23. The van der Waals surface area contributed by atoms with Gasteiger partial charge in [-0.1, -0.05) is 37.6 Å². The highest BCUT2D eigenvalue weighted by atomic mass is 16.2. The maximum absolute atomic E-state index is 8.59. The Labute approximate surface area is 74.8 Å². The van der Waals surface area contributed by atoms with E-state index in [0.717, 1.165) is 12.8 Å². The minimum absolute atomic E-state index is 0.154. The van der Waals surface area contributed by atoms with Crippen LogP contribution in [0, 0.1) is 5.41 Å². The van der Waals surface area contributed by atoms with E-state index in [1.54, 1.807) is 0 Å². The molecule has 0 spiro atoms. The zero-order valence-corrected chi connectivity index (χ0v) is 8.01. The molecule has 0 aromatic carbocycles. The highest BCUT2D eigenvalue weighted by Crippen LogP contribution is 2.34. The van der Waals surface area contributed by atoms with Gasteiger partial charge in [0.05, 0.1) is 6.61 Å². The average Bonchev–Trinajstić information content (AvgIpc) is 2.03. The molecule has 0 aromatic heterocycles. The molecule has 0 saturated carbocycles. The minimum atomic E-state index is 0.154. The van der Waals surface area contributed by atoms with Crippen molar-refractivity contribution in [3.63, 3.8) is 0 Å². The molecule has 0 aromatic rings. The fourth-order valence-electron chi connectivity index (χ4n) is 1.45. The molecule has 12 heavy (non-hydrogen) atoms. The van der Waals surface area contributed by atoms with E-state index >= 15 is 0 Å². The van der Waals surface area contributed by atoms with E-state index in [1.165, 1.54) is 12.0 Å². The lowest BCUT2D eigenvalue weighted by Gasteiger charge is -2.27. The topological polar surface area (TPSA) is 20.2 Å². The van der Waals surface area contributed by atoms with Crippen molar-refractivity contribution < 1.29 is 5.11 Å². The summed E-state index contributed by atoms with van der Waals surface area (Å²) in [5, 5.41) is 8.59. The van der Waals surface area contributed by atoms with Crippen molar-refractivity contribution in [3.8, 4) is 0 Å². The lowest BCUT2D eigenvalue weighted by Crippen LogP contribution is -2.13. The molecule has 0 bridgehead atoms. The Morgan fingerprint density at radius 3 is 2.83 bits per heavy atom. The molecule has 68 valence electrons. The highest BCUT2D eigenvalue weighted by molar-refractivity contribution is 5.21. The van der Waals surface area contributed by atoms with E-state index in [1.807, 2.05) is 12.2 Å². The maximum atomic E-state index is 8.59. The van der Waals surface area contributed by atoms with Gasteiger partial charge in [-0.05, 0) is 24.7 Å². The van der Waals surface area contributed by atoms with Crippen LogP contribution in [0.4, 0.5) is 0 Å². The molecule has 0 heterocycles. The van der Waals surface area contributed by atoms with Crippen molar-refractivity contribution >= 4 is 0 Å². The summed E-state index contributed by atoms with van der Waals surface area (Å²) in [6.45, 7) is 4.76. The number of rotatable bonds is 2. The molecule has 0 atom stereocenters. The van der Waals surface area contributed by atoms with Gasteiger partial charge in [0.2, 0.25) is 0 Å². The van der Waals surface area contributed by atoms with Gasteiger partial charge >= 0.3 is 0 Å². The summed E-state index contributed by atoms with van der Waals surface area (Å²) in [7, 11) is 0. The third-order valence-electron chi connectivity index (χ3n) is 2.44. The molecular formula is C11H18O. The summed E-state index contributed by atoms with van der Waals surface area (Å²) in [6, 6.07) is 0. The van der Waals surface area contributed by atoms with Gasteiger partial charge in [-0.25, -0.2) is 0 Å². The van der Waals surface area contributed by atoms with Crippen LogP contribution in [-0.4, -0.2) is 11.7 Å². The second-order valence-corrected chi connectivity index (χ2v) is 4.23. The highest BCUT2D eigenvalue weighted by Gasteiger charge is 2.19. The molecule has 0 unspecified atom stereocenters. The molecule has 1 nitrogen and oxygen atoms in total. The Hall–Kier alpha value is -0.560. The summed E-state index contributed by atoms with van der Waals surface area (Å²) < 4.78 is 0. The van der Waals surface area contributed by atoms with Crippen molar-refractivity contribution in [2.45, 2.75) is 33.1 Å². The Kier molecular flexibility index (Phi) is 3.10. The normalized spacial score (nSPS) is 22.8. The summed E-state index contributed by atoms with van der Waals surface area (Å²) in [5.41, 5.74) is 1.86. The molecule has 0 saturated heterocycles.